The van der Waals surface area contributed by atoms with Crippen LogP contribution in [0.1, 0.15) is 44.2 Å². The van der Waals surface area contributed by atoms with Crippen molar-refractivity contribution in [3.05, 3.63) is 34.9 Å². The molecule has 0 amide bonds. The Bertz CT molecular complexity index is 404. The van der Waals surface area contributed by atoms with Crippen LogP contribution in [0.25, 0.3) is 0 Å². The number of hydrogen-bond donors (Lipinski definition) is 1. The van der Waals surface area contributed by atoms with Gasteiger partial charge in [-0.2, -0.15) is 0 Å². The summed E-state index contributed by atoms with van der Waals surface area (Å²) in [6.07, 6.45) is 5.74. The van der Waals surface area contributed by atoms with Gasteiger partial charge < -0.3 is 5.32 Å². The van der Waals surface area contributed by atoms with Crippen LogP contribution >= 0.6 is 11.6 Å². The number of fused-ring (bicyclic) bond motifs is 2. The smallest absolute Gasteiger partial charge is 0.0409 e. The van der Waals surface area contributed by atoms with Gasteiger partial charge in [-0.1, -0.05) is 30.2 Å². The van der Waals surface area contributed by atoms with Crippen molar-refractivity contribution in [2.24, 2.45) is 11.8 Å². The molecule has 0 saturated heterocycles. The predicted molar refractivity (Wildman–Crippen MR) is 72.2 cm³/mol. The van der Waals surface area contributed by atoms with E-state index in [1.54, 1.807) is 0 Å². The first-order valence-corrected chi connectivity index (χ1v) is 7.11. The van der Waals surface area contributed by atoms with Gasteiger partial charge in [-0.25, -0.2) is 0 Å². The Balaban J connectivity index is 1.65. The molecule has 4 atom stereocenters. The van der Waals surface area contributed by atoms with E-state index in [1.165, 1.54) is 31.2 Å². The van der Waals surface area contributed by atoms with Crippen molar-refractivity contribution in [3.63, 3.8) is 0 Å². The van der Waals surface area contributed by atoms with Crippen molar-refractivity contribution in [1.82, 2.24) is 5.32 Å². The molecule has 1 nitrogen and oxygen atoms in total. The van der Waals surface area contributed by atoms with Crippen LogP contribution in [0.5, 0.6) is 0 Å². The van der Waals surface area contributed by atoms with Gasteiger partial charge in [-0.15, -0.1) is 0 Å². The van der Waals surface area contributed by atoms with Crippen LogP contribution in [0.15, 0.2) is 24.3 Å². The van der Waals surface area contributed by atoms with E-state index < -0.39 is 0 Å². The summed E-state index contributed by atoms with van der Waals surface area (Å²) in [5.41, 5.74) is 1.31. The van der Waals surface area contributed by atoms with Crippen molar-refractivity contribution in [2.45, 2.75) is 44.7 Å². The Hall–Kier alpha value is -0.530. The molecular formula is C15H20ClN. The first-order valence-electron chi connectivity index (χ1n) is 6.74. The SMILES string of the molecule is C[C@@H](NC1CC2CCC1C2)c1cccc(Cl)c1. The minimum atomic E-state index is 0.415. The minimum Gasteiger partial charge on any atom is -0.307 e. The average Bonchev–Trinajstić information content (AvgIpc) is 2.91. The summed E-state index contributed by atoms with van der Waals surface area (Å²) in [6, 6.07) is 9.37. The topological polar surface area (TPSA) is 12.0 Å². The molecule has 2 bridgehead atoms. The second-order valence-electron chi connectivity index (χ2n) is 5.72. The van der Waals surface area contributed by atoms with E-state index in [0.717, 1.165) is 22.9 Å². The van der Waals surface area contributed by atoms with E-state index in [1.807, 2.05) is 12.1 Å². The maximum absolute atomic E-state index is 6.04. The van der Waals surface area contributed by atoms with E-state index in [4.69, 9.17) is 11.6 Å². The van der Waals surface area contributed by atoms with Crippen LogP contribution in [0.2, 0.25) is 5.02 Å². The number of benzene rings is 1. The number of rotatable bonds is 3. The van der Waals surface area contributed by atoms with Gasteiger partial charge in [0.1, 0.15) is 0 Å². The average molecular weight is 250 g/mol. The Morgan fingerprint density at radius 1 is 1.29 bits per heavy atom. The second-order valence-corrected chi connectivity index (χ2v) is 6.16. The Morgan fingerprint density at radius 3 is 2.82 bits per heavy atom. The number of halogens is 1. The van der Waals surface area contributed by atoms with Gasteiger partial charge in [-0.05, 0) is 55.7 Å². The van der Waals surface area contributed by atoms with Gasteiger partial charge in [0.05, 0.1) is 0 Å². The molecule has 2 saturated carbocycles. The summed E-state index contributed by atoms with van der Waals surface area (Å²) in [4.78, 5) is 0. The number of hydrogen-bond acceptors (Lipinski definition) is 1. The summed E-state index contributed by atoms with van der Waals surface area (Å²) in [5.74, 6) is 1.94. The zero-order valence-corrected chi connectivity index (χ0v) is 11.1. The third-order valence-electron chi connectivity index (χ3n) is 4.55. The van der Waals surface area contributed by atoms with Crippen LogP contribution in [0.3, 0.4) is 0 Å². The predicted octanol–water partition coefficient (Wildman–Crippen LogP) is 4.18. The molecular weight excluding hydrogens is 230 g/mol. The Labute approximate surface area is 109 Å². The zero-order valence-electron chi connectivity index (χ0n) is 10.3. The molecule has 92 valence electrons. The summed E-state index contributed by atoms with van der Waals surface area (Å²) in [5, 5.41) is 4.63. The van der Waals surface area contributed by atoms with Gasteiger partial charge in [0, 0.05) is 17.1 Å². The molecule has 2 aliphatic rings. The second kappa shape index (κ2) is 4.62. The largest absolute Gasteiger partial charge is 0.307 e. The third kappa shape index (κ3) is 2.36. The summed E-state index contributed by atoms with van der Waals surface area (Å²) >= 11 is 6.04. The molecule has 3 unspecified atom stereocenters. The van der Waals surface area contributed by atoms with Gasteiger partial charge >= 0.3 is 0 Å². The van der Waals surface area contributed by atoms with Crippen LogP contribution in [0, 0.1) is 11.8 Å². The molecule has 1 aromatic rings. The van der Waals surface area contributed by atoms with Crippen molar-refractivity contribution in [1.29, 1.82) is 0 Å². The molecule has 0 aromatic heterocycles. The van der Waals surface area contributed by atoms with Gasteiger partial charge in [0.15, 0.2) is 0 Å². The molecule has 17 heavy (non-hydrogen) atoms. The molecule has 1 N–H and O–H groups in total. The van der Waals surface area contributed by atoms with Crippen molar-refractivity contribution >= 4 is 11.6 Å². The van der Waals surface area contributed by atoms with Gasteiger partial charge in [0.25, 0.3) is 0 Å². The minimum absolute atomic E-state index is 0.415. The summed E-state index contributed by atoms with van der Waals surface area (Å²) in [6.45, 7) is 2.25. The van der Waals surface area contributed by atoms with E-state index in [9.17, 15) is 0 Å². The Kier molecular flexibility index (Phi) is 3.14. The monoisotopic (exact) mass is 249 g/mol. The highest BCUT2D eigenvalue weighted by molar-refractivity contribution is 6.30. The highest BCUT2D eigenvalue weighted by Crippen LogP contribution is 2.45. The lowest BCUT2D eigenvalue weighted by molar-refractivity contribution is 0.327. The fourth-order valence-corrected chi connectivity index (χ4v) is 3.84. The van der Waals surface area contributed by atoms with E-state index in [-0.39, 0.29) is 0 Å². The summed E-state index contributed by atoms with van der Waals surface area (Å²) < 4.78 is 0. The summed E-state index contributed by atoms with van der Waals surface area (Å²) in [7, 11) is 0. The lowest BCUT2D eigenvalue weighted by Crippen LogP contribution is -2.35. The van der Waals surface area contributed by atoms with Crippen LogP contribution in [0.4, 0.5) is 0 Å². The van der Waals surface area contributed by atoms with Gasteiger partial charge in [-0.3, -0.25) is 0 Å². The third-order valence-corrected chi connectivity index (χ3v) is 4.79. The molecule has 2 fully saturated rings. The van der Waals surface area contributed by atoms with Gasteiger partial charge in [0.2, 0.25) is 0 Å². The first kappa shape index (κ1) is 11.6. The molecule has 0 aliphatic heterocycles. The Morgan fingerprint density at radius 2 is 2.18 bits per heavy atom. The van der Waals surface area contributed by atoms with Crippen molar-refractivity contribution in [3.8, 4) is 0 Å². The maximum Gasteiger partial charge on any atom is 0.0409 e. The molecule has 1 aromatic carbocycles. The van der Waals surface area contributed by atoms with Crippen LogP contribution < -0.4 is 5.32 Å². The molecule has 3 rings (SSSR count). The fourth-order valence-electron chi connectivity index (χ4n) is 3.64. The standard InChI is InChI=1S/C15H20ClN/c1-10(12-3-2-4-14(16)9-12)17-15-8-11-5-6-13(15)7-11/h2-4,9-11,13,15,17H,5-8H2,1H3/t10-,11?,13?,15?/m1/s1. The normalized spacial score (nSPS) is 32.9. The number of nitrogens with one attached hydrogen (secondary N) is 1. The van der Waals surface area contributed by atoms with E-state index >= 15 is 0 Å². The molecule has 0 spiro atoms. The molecule has 2 aliphatic carbocycles. The first-order chi connectivity index (χ1) is 8.22. The van der Waals surface area contributed by atoms with E-state index in [2.05, 4.69) is 24.4 Å². The van der Waals surface area contributed by atoms with Crippen LogP contribution in [-0.2, 0) is 0 Å². The molecule has 2 heteroatoms. The lowest BCUT2D eigenvalue weighted by Gasteiger charge is -2.27. The molecule has 0 heterocycles. The lowest BCUT2D eigenvalue weighted by atomic mass is 9.94. The highest BCUT2D eigenvalue weighted by atomic mass is 35.5. The fraction of sp³-hybridized carbons (Fsp3) is 0.600. The van der Waals surface area contributed by atoms with Crippen molar-refractivity contribution in [2.75, 3.05) is 0 Å². The van der Waals surface area contributed by atoms with Crippen LogP contribution in [-0.4, -0.2) is 6.04 Å². The maximum atomic E-state index is 6.04. The zero-order chi connectivity index (χ0) is 11.8. The quantitative estimate of drug-likeness (QED) is 0.848. The highest BCUT2D eigenvalue weighted by Gasteiger charge is 2.39. The molecule has 0 radical (unpaired) electrons. The van der Waals surface area contributed by atoms with Crippen molar-refractivity contribution < 1.29 is 0 Å². The van der Waals surface area contributed by atoms with E-state index in [0.29, 0.717) is 6.04 Å².